The predicted molar refractivity (Wildman–Crippen MR) is 134 cm³/mol. The van der Waals surface area contributed by atoms with Gasteiger partial charge in [-0.15, -0.1) is 0 Å². The van der Waals surface area contributed by atoms with Crippen LogP contribution in [0.1, 0.15) is 39.5 Å². The lowest BCUT2D eigenvalue weighted by atomic mass is 9.69. The number of hydrogen-bond acceptors (Lipinski definition) is 8. The second-order valence-electron chi connectivity index (χ2n) is 10.3. The molecule has 1 aliphatic heterocycles. The largest absolute Gasteiger partial charge is 0.462 e. The topological polar surface area (TPSA) is 112 Å². The van der Waals surface area contributed by atoms with Gasteiger partial charge in [-0.3, -0.25) is 0 Å². The lowest BCUT2D eigenvalue weighted by Gasteiger charge is -2.49. The minimum absolute atomic E-state index is 0.206. The first kappa shape index (κ1) is 21.9. The lowest BCUT2D eigenvalue weighted by Crippen LogP contribution is -2.66. The standard InChI is InChI=1S/C26H30N6O3/c1-25(2)20(22(33)27-21-16-10-4-6-12-18(16)35-31-21)26(14-8-9-15-26)30-23(29-25)28-24-32(3)17-11-5-7-13-19(17)34-24/h4-7,10-13,20,22,33H,8-9,14-15H2,1-3H3,(H2,27,29,30,31)/p+1. The molecule has 0 bridgehead atoms. The molecule has 182 valence electrons. The number of anilines is 2. The smallest absolute Gasteiger partial charge is 0.387 e. The Balaban J connectivity index is 1.33. The van der Waals surface area contributed by atoms with Gasteiger partial charge in [-0.05, 0) is 51.0 Å². The van der Waals surface area contributed by atoms with Crippen LogP contribution in [0.4, 0.5) is 11.8 Å². The van der Waals surface area contributed by atoms with Crippen molar-refractivity contribution in [3.63, 3.8) is 0 Å². The summed E-state index contributed by atoms with van der Waals surface area (Å²) in [4.78, 5) is 5.19. The molecule has 1 aliphatic carbocycles. The molecule has 35 heavy (non-hydrogen) atoms. The average molecular weight is 476 g/mol. The number of benzene rings is 2. The summed E-state index contributed by atoms with van der Waals surface area (Å²) >= 11 is 0. The number of aliphatic hydroxyl groups excluding tert-OH is 1. The molecule has 9 nitrogen and oxygen atoms in total. The number of oxazole rings is 1. The number of guanidine groups is 1. The summed E-state index contributed by atoms with van der Waals surface area (Å²) in [5, 5.41) is 26.7. The fourth-order valence-corrected chi connectivity index (χ4v) is 6.06. The fraction of sp³-hybridized carbons (Fsp3) is 0.423. The molecular formula is C26H31N6O3+. The van der Waals surface area contributed by atoms with Crippen molar-refractivity contribution in [2.45, 2.75) is 56.8 Å². The van der Waals surface area contributed by atoms with Crippen LogP contribution in [0.25, 0.3) is 22.1 Å². The maximum atomic E-state index is 11.5. The highest BCUT2D eigenvalue weighted by atomic mass is 16.5. The zero-order chi connectivity index (χ0) is 24.2. The SMILES string of the molecule is C[n+]1c(NC2=NC3(CCCC3)C(C(O)Nc3noc4ccccc34)C(C)(C)N2)oc2ccccc21. The Morgan fingerprint density at radius 2 is 1.80 bits per heavy atom. The van der Waals surface area contributed by atoms with Crippen LogP contribution in [-0.2, 0) is 7.05 Å². The quantitative estimate of drug-likeness (QED) is 0.262. The van der Waals surface area contributed by atoms with Crippen LogP contribution in [0.15, 0.2) is 62.5 Å². The first-order chi connectivity index (χ1) is 16.9. The molecule has 6 rings (SSSR count). The van der Waals surface area contributed by atoms with E-state index in [2.05, 4.69) is 35.0 Å². The molecule has 0 amide bonds. The third kappa shape index (κ3) is 3.61. The van der Waals surface area contributed by atoms with E-state index in [4.69, 9.17) is 13.9 Å². The van der Waals surface area contributed by atoms with Gasteiger partial charge in [0.05, 0.1) is 23.9 Å². The Morgan fingerprint density at radius 1 is 1.09 bits per heavy atom. The van der Waals surface area contributed by atoms with E-state index in [0.29, 0.717) is 23.4 Å². The zero-order valence-electron chi connectivity index (χ0n) is 20.2. The summed E-state index contributed by atoms with van der Waals surface area (Å²) in [7, 11) is 1.97. The van der Waals surface area contributed by atoms with Gasteiger partial charge in [0.1, 0.15) is 6.23 Å². The van der Waals surface area contributed by atoms with Gasteiger partial charge >= 0.3 is 6.01 Å². The second kappa shape index (κ2) is 7.98. The molecule has 4 aromatic rings. The van der Waals surface area contributed by atoms with E-state index in [1.165, 1.54) is 0 Å². The van der Waals surface area contributed by atoms with Crippen LogP contribution in [0.2, 0.25) is 0 Å². The normalized spacial score (nSPS) is 21.7. The zero-order valence-corrected chi connectivity index (χ0v) is 20.2. The van der Waals surface area contributed by atoms with Crippen LogP contribution in [0.5, 0.6) is 0 Å². The van der Waals surface area contributed by atoms with E-state index in [1.54, 1.807) is 0 Å². The fourth-order valence-electron chi connectivity index (χ4n) is 6.06. The van der Waals surface area contributed by atoms with Crippen LogP contribution >= 0.6 is 0 Å². The molecule has 9 heteroatoms. The second-order valence-corrected chi connectivity index (χ2v) is 10.3. The van der Waals surface area contributed by atoms with Crippen molar-refractivity contribution >= 4 is 39.9 Å². The summed E-state index contributed by atoms with van der Waals surface area (Å²) in [6, 6.07) is 16.2. The van der Waals surface area contributed by atoms with Crippen molar-refractivity contribution in [1.29, 1.82) is 0 Å². The van der Waals surface area contributed by atoms with Crippen LogP contribution in [-0.4, -0.2) is 33.5 Å². The van der Waals surface area contributed by atoms with E-state index >= 15 is 0 Å². The molecule has 2 aliphatic rings. The molecular weight excluding hydrogens is 444 g/mol. The summed E-state index contributed by atoms with van der Waals surface area (Å²) < 4.78 is 13.5. The van der Waals surface area contributed by atoms with Gasteiger partial charge in [0.2, 0.25) is 0 Å². The molecule has 2 atom stereocenters. The van der Waals surface area contributed by atoms with Crippen molar-refractivity contribution in [2.75, 3.05) is 10.6 Å². The molecule has 2 unspecified atom stereocenters. The van der Waals surface area contributed by atoms with Crippen molar-refractivity contribution < 1.29 is 18.6 Å². The lowest BCUT2D eigenvalue weighted by molar-refractivity contribution is -0.633. The highest BCUT2D eigenvalue weighted by Gasteiger charge is 2.56. The summed E-state index contributed by atoms with van der Waals surface area (Å²) in [5.41, 5.74) is 1.58. The minimum atomic E-state index is -0.878. The number of aliphatic hydroxyl groups is 1. The first-order valence-electron chi connectivity index (χ1n) is 12.2. The van der Waals surface area contributed by atoms with Gasteiger partial charge in [-0.25, -0.2) is 4.99 Å². The predicted octanol–water partition coefficient (Wildman–Crippen LogP) is 3.91. The molecule has 0 saturated heterocycles. The molecule has 2 aromatic carbocycles. The van der Waals surface area contributed by atoms with Crippen molar-refractivity contribution in [3.8, 4) is 0 Å². The third-order valence-corrected chi connectivity index (χ3v) is 7.54. The summed E-state index contributed by atoms with van der Waals surface area (Å²) in [6.07, 6.45) is 3.07. The van der Waals surface area contributed by atoms with E-state index < -0.39 is 17.3 Å². The molecule has 3 heterocycles. The van der Waals surface area contributed by atoms with Crippen molar-refractivity contribution in [1.82, 2.24) is 10.5 Å². The van der Waals surface area contributed by atoms with Gasteiger partial charge in [0.25, 0.3) is 5.96 Å². The van der Waals surface area contributed by atoms with E-state index in [-0.39, 0.29) is 5.92 Å². The Bertz CT molecular complexity index is 1420. The molecule has 1 fully saturated rings. The van der Waals surface area contributed by atoms with Gasteiger partial charge in [0, 0.05) is 5.54 Å². The molecule has 4 N–H and O–H groups in total. The summed E-state index contributed by atoms with van der Waals surface area (Å²) in [5.74, 6) is 0.990. The van der Waals surface area contributed by atoms with E-state index in [9.17, 15) is 5.11 Å². The van der Waals surface area contributed by atoms with E-state index in [0.717, 1.165) is 42.2 Å². The van der Waals surface area contributed by atoms with E-state index in [1.807, 2.05) is 60.1 Å². The number of aryl methyl sites for hydroxylation is 1. The highest BCUT2D eigenvalue weighted by molar-refractivity contribution is 5.93. The monoisotopic (exact) mass is 475 g/mol. The van der Waals surface area contributed by atoms with Gasteiger partial charge < -0.3 is 24.7 Å². The van der Waals surface area contributed by atoms with Crippen LogP contribution in [0.3, 0.4) is 0 Å². The Morgan fingerprint density at radius 3 is 2.57 bits per heavy atom. The Labute approximate surface area is 203 Å². The van der Waals surface area contributed by atoms with Crippen molar-refractivity contribution in [3.05, 3.63) is 48.5 Å². The molecule has 1 spiro atoms. The highest BCUT2D eigenvalue weighted by Crippen LogP contribution is 2.47. The number of nitrogens with one attached hydrogen (secondary N) is 3. The number of rotatable bonds is 4. The molecule has 1 saturated carbocycles. The van der Waals surface area contributed by atoms with Gasteiger partial charge in [0.15, 0.2) is 22.5 Å². The third-order valence-electron chi connectivity index (χ3n) is 7.54. The number of nitrogens with zero attached hydrogens (tertiary/aromatic N) is 3. The number of hydrogen-bond donors (Lipinski definition) is 4. The minimum Gasteiger partial charge on any atom is -0.387 e. The Kier molecular flexibility index (Phi) is 5.00. The van der Waals surface area contributed by atoms with Crippen molar-refractivity contribution in [2.24, 2.45) is 18.0 Å². The number of fused-ring (bicyclic) bond motifs is 2. The van der Waals surface area contributed by atoms with Gasteiger partial charge in [-0.1, -0.05) is 42.3 Å². The number of aliphatic imine (C=N–C) groups is 1. The first-order valence-corrected chi connectivity index (χ1v) is 12.2. The maximum Gasteiger partial charge on any atom is 0.462 e. The molecule has 0 radical (unpaired) electrons. The average Bonchev–Trinajstić information content (AvgIpc) is 3.52. The molecule has 2 aromatic heterocycles. The number of aromatic nitrogens is 2. The van der Waals surface area contributed by atoms with Crippen LogP contribution < -0.4 is 20.5 Å². The maximum absolute atomic E-state index is 11.5. The number of para-hydroxylation sites is 3. The van der Waals surface area contributed by atoms with Gasteiger partial charge in [-0.2, -0.15) is 9.88 Å². The summed E-state index contributed by atoms with van der Waals surface area (Å²) in [6.45, 7) is 4.22. The van der Waals surface area contributed by atoms with Crippen LogP contribution in [0, 0.1) is 5.92 Å². The Hall–Kier alpha value is -3.59.